The summed E-state index contributed by atoms with van der Waals surface area (Å²) in [6, 6.07) is 0.408. The lowest BCUT2D eigenvalue weighted by atomic mass is 10.2. The van der Waals surface area contributed by atoms with Gasteiger partial charge in [-0.25, -0.2) is 4.98 Å². The van der Waals surface area contributed by atoms with Gasteiger partial charge in [-0.1, -0.05) is 0 Å². The van der Waals surface area contributed by atoms with Crippen LogP contribution in [0.1, 0.15) is 16.9 Å². The number of nitrogens with one attached hydrogen (secondary N) is 2. The van der Waals surface area contributed by atoms with Crippen molar-refractivity contribution in [2.24, 2.45) is 0 Å². The highest BCUT2D eigenvalue weighted by molar-refractivity contribution is 5.95. The molecule has 2 heterocycles. The molecular formula is C10H14N4O. The van der Waals surface area contributed by atoms with Crippen molar-refractivity contribution in [2.45, 2.75) is 12.5 Å². The van der Waals surface area contributed by atoms with Crippen molar-refractivity contribution in [3.05, 3.63) is 24.3 Å². The second kappa shape index (κ2) is 4.95. The third-order valence-electron chi connectivity index (χ3n) is 2.46. The number of rotatable bonds is 4. The zero-order valence-electron chi connectivity index (χ0n) is 8.44. The number of ketones is 1. The van der Waals surface area contributed by atoms with Crippen LogP contribution < -0.4 is 10.6 Å². The molecule has 2 N–H and O–H groups in total. The summed E-state index contributed by atoms with van der Waals surface area (Å²) in [6.07, 6.45) is 5.67. The van der Waals surface area contributed by atoms with Gasteiger partial charge in [0.05, 0.1) is 12.7 Å². The normalized spacial score (nSPS) is 20.4. The van der Waals surface area contributed by atoms with Crippen molar-refractivity contribution in [3.63, 3.8) is 0 Å². The van der Waals surface area contributed by atoms with Crippen LogP contribution in [0.4, 0.5) is 0 Å². The Morgan fingerprint density at radius 2 is 2.53 bits per heavy atom. The van der Waals surface area contributed by atoms with Gasteiger partial charge in [-0.3, -0.25) is 9.78 Å². The summed E-state index contributed by atoms with van der Waals surface area (Å²) >= 11 is 0. The lowest BCUT2D eigenvalue weighted by Crippen LogP contribution is -2.35. The Kier molecular flexibility index (Phi) is 3.37. The maximum atomic E-state index is 11.6. The Balaban J connectivity index is 1.82. The molecule has 0 radical (unpaired) electrons. The fourth-order valence-corrected chi connectivity index (χ4v) is 1.60. The summed E-state index contributed by atoms with van der Waals surface area (Å²) < 4.78 is 0. The monoisotopic (exact) mass is 206 g/mol. The van der Waals surface area contributed by atoms with Crippen molar-refractivity contribution in [1.29, 1.82) is 0 Å². The SMILES string of the molecule is O=C(CNC1CCNC1)c1cnccn1. The van der Waals surface area contributed by atoms with E-state index in [1.165, 1.54) is 12.4 Å². The predicted octanol–water partition coefficient (Wildman–Crippen LogP) is -0.389. The molecule has 5 nitrogen and oxygen atoms in total. The zero-order valence-corrected chi connectivity index (χ0v) is 8.44. The maximum Gasteiger partial charge on any atom is 0.196 e. The molecule has 1 aliphatic heterocycles. The molecular weight excluding hydrogens is 192 g/mol. The minimum Gasteiger partial charge on any atom is -0.315 e. The molecule has 1 atom stereocenters. The van der Waals surface area contributed by atoms with E-state index in [4.69, 9.17) is 0 Å². The van der Waals surface area contributed by atoms with Crippen LogP contribution in [0, 0.1) is 0 Å². The van der Waals surface area contributed by atoms with Gasteiger partial charge in [0.15, 0.2) is 5.78 Å². The molecule has 5 heteroatoms. The van der Waals surface area contributed by atoms with Crippen molar-refractivity contribution in [2.75, 3.05) is 19.6 Å². The van der Waals surface area contributed by atoms with E-state index in [0.29, 0.717) is 18.3 Å². The van der Waals surface area contributed by atoms with Crippen molar-refractivity contribution < 1.29 is 4.79 Å². The Morgan fingerprint density at radius 3 is 3.20 bits per heavy atom. The molecule has 0 aliphatic carbocycles. The van der Waals surface area contributed by atoms with E-state index < -0.39 is 0 Å². The van der Waals surface area contributed by atoms with Gasteiger partial charge in [-0.05, 0) is 13.0 Å². The van der Waals surface area contributed by atoms with Gasteiger partial charge in [0.1, 0.15) is 5.69 Å². The second-order valence-corrected chi connectivity index (χ2v) is 3.58. The van der Waals surface area contributed by atoms with Crippen molar-refractivity contribution in [1.82, 2.24) is 20.6 Å². The molecule has 1 aromatic heterocycles. The van der Waals surface area contributed by atoms with Gasteiger partial charge < -0.3 is 10.6 Å². The van der Waals surface area contributed by atoms with Crippen LogP contribution in [0.25, 0.3) is 0 Å². The molecule has 1 aromatic rings. The van der Waals surface area contributed by atoms with Crippen LogP contribution in [0.5, 0.6) is 0 Å². The Hall–Kier alpha value is -1.33. The number of hydrogen-bond acceptors (Lipinski definition) is 5. The average molecular weight is 206 g/mol. The molecule has 0 amide bonds. The molecule has 1 aliphatic rings. The molecule has 15 heavy (non-hydrogen) atoms. The maximum absolute atomic E-state index is 11.6. The fourth-order valence-electron chi connectivity index (χ4n) is 1.60. The summed E-state index contributed by atoms with van der Waals surface area (Å²) in [4.78, 5) is 19.4. The van der Waals surface area contributed by atoms with Gasteiger partial charge in [-0.2, -0.15) is 0 Å². The summed E-state index contributed by atoms with van der Waals surface area (Å²) in [7, 11) is 0. The molecule has 2 rings (SSSR count). The lowest BCUT2D eigenvalue weighted by Gasteiger charge is -2.09. The molecule has 80 valence electrons. The fraction of sp³-hybridized carbons (Fsp3) is 0.500. The number of carbonyl (C=O) groups excluding carboxylic acids is 1. The summed E-state index contributed by atoms with van der Waals surface area (Å²) in [5.41, 5.74) is 0.427. The van der Waals surface area contributed by atoms with E-state index in [2.05, 4.69) is 20.6 Å². The van der Waals surface area contributed by atoms with Crippen LogP contribution in [0.2, 0.25) is 0 Å². The summed E-state index contributed by atoms with van der Waals surface area (Å²) in [5.74, 6) is -0.00463. The van der Waals surface area contributed by atoms with Crippen molar-refractivity contribution in [3.8, 4) is 0 Å². The number of carbonyl (C=O) groups is 1. The smallest absolute Gasteiger partial charge is 0.196 e. The van der Waals surface area contributed by atoms with Crippen molar-refractivity contribution >= 4 is 5.78 Å². The topological polar surface area (TPSA) is 66.9 Å². The van der Waals surface area contributed by atoms with E-state index in [0.717, 1.165) is 19.5 Å². The number of nitrogens with zero attached hydrogens (tertiary/aromatic N) is 2. The molecule has 0 bridgehead atoms. The quantitative estimate of drug-likeness (QED) is 0.657. The average Bonchev–Trinajstić information content (AvgIpc) is 2.80. The minimum atomic E-state index is -0.00463. The van der Waals surface area contributed by atoms with E-state index in [1.54, 1.807) is 6.20 Å². The van der Waals surface area contributed by atoms with E-state index >= 15 is 0 Å². The first-order chi connectivity index (χ1) is 7.36. The molecule has 0 saturated carbocycles. The number of Topliss-reactive ketones (excluding diaryl/α,β-unsaturated/α-hetero) is 1. The molecule has 1 unspecified atom stereocenters. The summed E-state index contributed by atoms with van der Waals surface area (Å²) in [5, 5.41) is 6.43. The lowest BCUT2D eigenvalue weighted by molar-refractivity contribution is 0.0983. The first-order valence-corrected chi connectivity index (χ1v) is 5.09. The second-order valence-electron chi connectivity index (χ2n) is 3.58. The van der Waals surface area contributed by atoms with Gasteiger partial charge in [-0.15, -0.1) is 0 Å². The third-order valence-corrected chi connectivity index (χ3v) is 2.46. The van der Waals surface area contributed by atoms with E-state index in [9.17, 15) is 4.79 Å². The van der Waals surface area contributed by atoms with Gasteiger partial charge in [0.2, 0.25) is 0 Å². The van der Waals surface area contributed by atoms with Gasteiger partial charge in [0.25, 0.3) is 0 Å². The van der Waals surface area contributed by atoms with Crippen LogP contribution in [-0.2, 0) is 0 Å². The molecule has 1 fully saturated rings. The highest BCUT2D eigenvalue weighted by atomic mass is 16.1. The third kappa shape index (κ3) is 2.81. The Morgan fingerprint density at radius 1 is 1.60 bits per heavy atom. The van der Waals surface area contributed by atoms with Crippen LogP contribution >= 0.6 is 0 Å². The minimum absolute atomic E-state index is 0.00463. The Labute approximate surface area is 88.3 Å². The number of hydrogen-bond donors (Lipinski definition) is 2. The molecule has 0 aromatic carbocycles. The predicted molar refractivity (Wildman–Crippen MR) is 55.6 cm³/mol. The van der Waals surface area contributed by atoms with Crippen LogP contribution in [-0.4, -0.2) is 41.4 Å². The van der Waals surface area contributed by atoms with Gasteiger partial charge >= 0.3 is 0 Å². The highest BCUT2D eigenvalue weighted by Crippen LogP contribution is 1.97. The van der Waals surface area contributed by atoms with Gasteiger partial charge in [0, 0.05) is 25.0 Å². The standard InChI is InChI=1S/C10H14N4O/c15-10(9-6-12-3-4-13-9)7-14-8-1-2-11-5-8/h3-4,6,8,11,14H,1-2,5,7H2. The zero-order chi connectivity index (χ0) is 10.5. The van der Waals surface area contributed by atoms with Crippen LogP contribution in [0.15, 0.2) is 18.6 Å². The largest absolute Gasteiger partial charge is 0.315 e. The van der Waals surface area contributed by atoms with E-state index in [-0.39, 0.29) is 5.78 Å². The summed E-state index contributed by atoms with van der Waals surface area (Å²) in [6.45, 7) is 2.30. The first-order valence-electron chi connectivity index (χ1n) is 5.09. The molecule has 0 spiro atoms. The highest BCUT2D eigenvalue weighted by Gasteiger charge is 2.15. The first kappa shape index (κ1) is 10.2. The molecule has 1 saturated heterocycles. The van der Waals surface area contributed by atoms with Crippen LogP contribution in [0.3, 0.4) is 0 Å². The Bertz CT molecular complexity index is 321. The number of aromatic nitrogens is 2. The van der Waals surface area contributed by atoms with E-state index in [1.807, 2.05) is 0 Å².